The van der Waals surface area contributed by atoms with E-state index in [1.165, 1.54) is 6.08 Å². The summed E-state index contributed by atoms with van der Waals surface area (Å²) in [4.78, 5) is 11.1. The molecule has 0 aromatic heterocycles. The van der Waals surface area contributed by atoms with E-state index in [4.69, 9.17) is 21.4 Å². The number of halogens is 1. The van der Waals surface area contributed by atoms with Crippen molar-refractivity contribution in [1.29, 1.82) is 0 Å². The van der Waals surface area contributed by atoms with Gasteiger partial charge in [0.25, 0.3) is 0 Å². The highest BCUT2D eigenvalue weighted by Crippen LogP contribution is 2.28. The van der Waals surface area contributed by atoms with Gasteiger partial charge in [0.05, 0.1) is 7.11 Å². The lowest BCUT2D eigenvalue weighted by Crippen LogP contribution is -1.96. The molecule has 0 fully saturated rings. The van der Waals surface area contributed by atoms with Crippen molar-refractivity contribution < 1.29 is 14.6 Å². The van der Waals surface area contributed by atoms with Gasteiger partial charge in [-0.25, -0.2) is 4.79 Å². The van der Waals surface area contributed by atoms with Gasteiger partial charge < -0.3 is 9.84 Å². The fraction of sp³-hybridized carbons (Fsp3) is 0.118. The number of hydrogen-bond donors (Lipinski definition) is 1. The summed E-state index contributed by atoms with van der Waals surface area (Å²) in [7, 11) is 1.59. The first-order valence-corrected chi connectivity index (χ1v) is 6.74. The van der Waals surface area contributed by atoms with Crippen molar-refractivity contribution >= 4 is 23.1 Å². The zero-order valence-corrected chi connectivity index (χ0v) is 12.5. The van der Waals surface area contributed by atoms with Crippen LogP contribution in [0.4, 0.5) is 0 Å². The molecule has 0 saturated carbocycles. The van der Waals surface area contributed by atoms with E-state index in [9.17, 15) is 4.79 Å². The minimum absolute atomic E-state index is 0.579. The highest BCUT2D eigenvalue weighted by atomic mass is 35.5. The zero-order valence-electron chi connectivity index (χ0n) is 11.8. The standard InChI is InChI=1S/C17H15ClO3/c1-11-7-13(9-14(18)8-11)16(10-17(19)20)12-3-5-15(21-2)6-4-12/h3-10H,1-2H3,(H,19,20). The summed E-state index contributed by atoms with van der Waals surface area (Å²) in [5.74, 6) is -0.283. The van der Waals surface area contributed by atoms with Crippen LogP contribution in [0.3, 0.4) is 0 Å². The minimum atomic E-state index is -1.00. The van der Waals surface area contributed by atoms with E-state index in [-0.39, 0.29) is 0 Å². The molecule has 0 atom stereocenters. The molecule has 1 N–H and O–H groups in total. The molecular formula is C17H15ClO3. The third-order valence-corrected chi connectivity index (χ3v) is 3.24. The van der Waals surface area contributed by atoms with Gasteiger partial charge in [0.15, 0.2) is 0 Å². The smallest absolute Gasteiger partial charge is 0.328 e. The Balaban J connectivity index is 2.55. The van der Waals surface area contributed by atoms with E-state index >= 15 is 0 Å². The van der Waals surface area contributed by atoms with Crippen LogP contribution in [0.25, 0.3) is 5.57 Å². The van der Waals surface area contributed by atoms with Crippen molar-refractivity contribution in [2.45, 2.75) is 6.92 Å². The Morgan fingerprint density at radius 3 is 2.33 bits per heavy atom. The van der Waals surface area contributed by atoms with E-state index in [2.05, 4.69) is 0 Å². The summed E-state index contributed by atoms with van der Waals surface area (Å²) in [6, 6.07) is 12.7. The van der Waals surface area contributed by atoms with E-state index in [0.717, 1.165) is 22.4 Å². The van der Waals surface area contributed by atoms with Crippen molar-refractivity contribution in [3.8, 4) is 5.75 Å². The number of benzene rings is 2. The monoisotopic (exact) mass is 302 g/mol. The van der Waals surface area contributed by atoms with Crippen molar-refractivity contribution in [3.63, 3.8) is 0 Å². The molecule has 0 radical (unpaired) electrons. The van der Waals surface area contributed by atoms with Gasteiger partial charge in [-0.05, 0) is 53.5 Å². The summed E-state index contributed by atoms with van der Waals surface area (Å²) in [5.41, 5.74) is 3.14. The molecule has 0 bridgehead atoms. The first-order chi connectivity index (χ1) is 9.99. The third-order valence-electron chi connectivity index (χ3n) is 3.02. The summed E-state index contributed by atoms with van der Waals surface area (Å²) in [6.45, 7) is 1.92. The largest absolute Gasteiger partial charge is 0.497 e. The highest BCUT2D eigenvalue weighted by Gasteiger charge is 2.09. The predicted octanol–water partition coefficient (Wildman–Crippen LogP) is 4.17. The third kappa shape index (κ3) is 3.86. The molecule has 0 unspecified atom stereocenters. The number of aryl methyl sites for hydroxylation is 1. The maximum absolute atomic E-state index is 11.1. The Kier molecular flexibility index (Phi) is 4.66. The van der Waals surface area contributed by atoms with Crippen LogP contribution in [-0.2, 0) is 4.79 Å². The van der Waals surface area contributed by atoms with Crippen molar-refractivity contribution in [2.75, 3.05) is 7.11 Å². The lowest BCUT2D eigenvalue weighted by atomic mass is 9.96. The van der Waals surface area contributed by atoms with Crippen molar-refractivity contribution in [2.24, 2.45) is 0 Å². The summed E-state index contributed by atoms with van der Waals surface area (Å²) in [5, 5.41) is 9.69. The topological polar surface area (TPSA) is 46.5 Å². The molecule has 0 heterocycles. The van der Waals surface area contributed by atoms with Crippen molar-refractivity contribution in [1.82, 2.24) is 0 Å². The maximum atomic E-state index is 11.1. The molecule has 2 aromatic rings. The molecule has 108 valence electrons. The molecule has 0 aliphatic carbocycles. The van der Waals surface area contributed by atoms with Crippen LogP contribution in [0.5, 0.6) is 5.75 Å². The fourth-order valence-electron chi connectivity index (χ4n) is 2.12. The number of aliphatic carboxylic acids is 1. The van der Waals surface area contributed by atoms with E-state index in [0.29, 0.717) is 10.6 Å². The Labute approximate surface area is 128 Å². The minimum Gasteiger partial charge on any atom is -0.497 e. The number of hydrogen-bond acceptors (Lipinski definition) is 2. The van der Waals surface area contributed by atoms with Crippen LogP contribution in [-0.4, -0.2) is 18.2 Å². The maximum Gasteiger partial charge on any atom is 0.328 e. The van der Waals surface area contributed by atoms with Crippen LogP contribution in [0, 0.1) is 6.92 Å². The molecular weight excluding hydrogens is 288 g/mol. The molecule has 4 heteroatoms. The molecule has 3 nitrogen and oxygen atoms in total. The molecule has 0 aliphatic heterocycles. The molecule has 0 spiro atoms. The second-order valence-electron chi connectivity index (χ2n) is 4.64. The Morgan fingerprint density at radius 1 is 1.14 bits per heavy atom. The SMILES string of the molecule is COc1ccc(C(=CC(=O)O)c2cc(C)cc(Cl)c2)cc1. The molecule has 21 heavy (non-hydrogen) atoms. The van der Waals surface area contributed by atoms with Gasteiger partial charge in [0.2, 0.25) is 0 Å². The van der Waals surface area contributed by atoms with Gasteiger partial charge in [-0.3, -0.25) is 0 Å². The van der Waals surface area contributed by atoms with E-state index in [1.807, 2.05) is 31.2 Å². The summed E-state index contributed by atoms with van der Waals surface area (Å²) < 4.78 is 5.12. The predicted molar refractivity (Wildman–Crippen MR) is 83.9 cm³/mol. The highest BCUT2D eigenvalue weighted by molar-refractivity contribution is 6.30. The van der Waals surface area contributed by atoms with Crippen molar-refractivity contribution in [3.05, 3.63) is 70.3 Å². The van der Waals surface area contributed by atoms with Crippen LogP contribution in [0.1, 0.15) is 16.7 Å². The summed E-state index contributed by atoms with van der Waals surface area (Å²) in [6.07, 6.45) is 1.19. The molecule has 0 amide bonds. The second kappa shape index (κ2) is 6.46. The lowest BCUT2D eigenvalue weighted by Gasteiger charge is -2.10. The van der Waals surface area contributed by atoms with Crippen LogP contribution < -0.4 is 4.74 Å². The molecule has 2 rings (SSSR count). The number of rotatable bonds is 4. The molecule has 0 aliphatic rings. The number of carbonyl (C=O) groups is 1. The van der Waals surface area contributed by atoms with E-state index < -0.39 is 5.97 Å². The number of methoxy groups -OCH3 is 1. The van der Waals surface area contributed by atoms with Gasteiger partial charge in [-0.1, -0.05) is 29.8 Å². The first kappa shape index (κ1) is 15.1. The average molecular weight is 303 g/mol. The number of ether oxygens (including phenoxy) is 1. The molecule has 0 saturated heterocycles. The van der Waals surface area contributed by atoms with Gasteiger partial charge in [0.1, 0.15) is 5.75 Å². The normalized spacial score (nSPS) is 11.3. The number of carboxylic acids is 1. The van der Waals surface area contributed by atoms with Crippen LogP contribution >= 0.6 is 11.6 Å². The van der Waals surface area contributed by atoms with Gasteiger partial charge >= 0.3 is 5.97 Å². The van der Waals surface area contributed by atoms with E-state index in [1.54, 1.807) is 25.3 Å². The van der Waals surface area contributed by atoms with Gasteiger partial charge in [0, 0.05) is 11.1 Å². The quantitative estimate of drug-likeness (QED) is 0.862. The fourth-order valence-corrected chi connectivity index (χ4v) is 2.41. The average Bonchev–Trinajstić information content (AvgIpc) is 2.43. The van der Waals surface area contributed by atoms with Gasteiger partial charge in [-0.15, -0.1) is 0 Å². The Bertz CT molecular complexity index is 667. The summed E-state index contributed by atoms with van der Waals surface area (Å²) >= 11 is 6.07. The Morgan fingerprint density at radius 2 is 1.81 bits per heavy atom. The second-order valence-corrected chi connectivity index (χ2v) is 5.08. The van der Waals surface area contributed by atoms with Crippen LogP contribution in [0.2, 0.25) is 5.02 Å². The number of carboxylic acid groups (broad SMARTS) is 1. The zero-order chi connectivity index (χ0) is 15.4. The Hall–Kier alpha value is -2.26. The molecule has 2 aromatic carbocycles. The van der Waals surface area contributed by atoms with Crippen LogP contribution in [0.15, 0.2) is 48.5 Å². The lowest BCUT2D eigenvalue weighted by molar-refractivity contribution is -0.131. The first-order valence-electron chi connectivity index (χ1n) is 6.36. The van der Waals surface area contributed by atoms with Gasteiger partial charge in [-0.2, -0.15) is 0 Å².